The van der Waals surface area contributed by atoms with Gasteiger partial charge in [0, 0.05) is 0 Å². The SMILES string of the molecule is [C-]#[N+]C([N+]#[C-])=C1C(C2CCCCC2)=C(C2CCCCC2)C2CCCCC12. The fraction of sp³-hybridized carbons (Fsp3) is 0.750. The molecule has 0 aliphatic heterocycles. The average Bonchev–Trinajstić information content (AvgIpc) is 3.06. The third kappa shape index (κ3) is 3.13. The average molecular weight is 349 g/mol. The van der Waals surface area contributed by atoms with E-state index in [-0.39, 0.29) is 0 Å². The van der Waals surface area contributed by atoms with Gasteiger partial charge in [0.25, 0.3) is 0 Å². The standard InChI is InChI=1S/C24H32N2/c1-25-24(26-2)23-20-16-10-9-15-19(20)21(17-11-5-3-6-12-17)22(23)18-13-7-4-8-14-18/h17-20H,3-16H2. The first-order valence-electron chi connectivity index (χ1n) is 11.1. The van der Waals surface area contributed by atoms with Crippen LogP contribution in [0.2, 0.25) is 0 Å². The van der Waals surface area contributed by atoms with Gasteiger partial charge in [0.1, 0.15) is 13.1 Å². The summed E-state index contributed by atoms with van der Waals surface area (Å²) >= 11 is 0. The summed E-state index contributed by atoms with van der Waals surface area (Å²) in [5.74, 6) is 2.97. The summed E-state index contributed by atoms with van der Waals surface area (Å²) in [6, 6.07) is 0. The predicted octanol–water partition coefficient (Wildman–Crippen LogP) is 7.31. The minimum Gasteiger partial charge on any atom is -0.153 e. The maximum absolute atomic E-state index is 7.68. The summed E-state index contributed by atoms with van der Waals surface area (Å²) in [4.78, 5) is 7.49. The van der Waals surface area contributed by atoms with Crippen LogP contribution in [-0.2, 0) is 0 Å². The van der Waals surface area contributed by atoms with Gasteiger partial charge in [-0.3, -0.25) is 0 Å². The fourth-order valence-corrected chi connectivity index (χ4v) is 6.62. The Labute approximate surface area is 159 Å². The molecule has 0 aromatic rings. The molecule has 0 spiro atoms. The number of rotatable bonds is 2. The summed E-state index contributed by atoms with van der Waals surface area (Å²) in [7, 11) is 0. The van der Waals surface area contributed by atoms with Gasteiger partial charge in [0.05, 0.1) is 5.57 Å². The Hall–Kier alpha value is -1.54. The molecule has 138 valence electrons. The Kier molecular flexibility index (Phi) is 5.49. The zero-order chi connectivity index (χ0) is 17.9. The molecule has 4 rings (SSSR count). The fourth-order valence-electron chi connectivity index (χ4n) is 6.62. The van der Waals surface area contributed by atoms with E-state index in [1.807, 2.05) is 0 Å². The van der Waals surface area contributed by atoms with E-state index in [9.17, 15) is 0 Å². The molecule has 0 bridgehead atoms. The smallest absolute Gasteiger partial charge is 0.153 e. The molecule has 0 amide bonds. The van der Waals surface area contributed by atoms with Crippen molar-refractivity contribution in [3.05, 3.63) is 45.4 Å². The Bertz CT molecular complexity index is 656. The second kappa shape index (κ2) is 8.00. The van der Waals surface area contributed by atoms with Crippen molar-refractivity contribution in [3.63, 3.8) is 0 Å². The van der Waals surface area contributed by atoms with Crippen LogP contribution in [0.15, 0.2) is 22.5 Å². The van der Waals surface area contributed by atoms with Crippen molar-refractivity contribution >= 4 is 0 Å². The minimum absolute atomic E-state index is 0.424. The molecule has 0 N–H and O–H groups in total. The molecule has 4 aliphatic carbocycles. The highest BCUT2D eigenvalue weighted by Gasteiger charge is 2.47. The molecule has 0 saturated heterocycles. The zero-order valence-electron chi connectivity index (χ0n) is 16.1. The van der Waals surface area contributed by atoms with Gasteiger partial charge < -0.3 is 0 Å². The lowest BCUT2D eigenvalue weighted by Crippen LogP contribution is -2.22. The largest absolute Gasteiger partial charge is 0.523 e. The third-order valence-corrected chi connectivity index (χ3v) is 7.65. The molecular weight excluding hydrogens is 316 g/mol. The van der Waals surface area contributed by atoms with Gasteiger partial charge in [-0.25, -0.2) is 0 Å². The Morgan fingerprint density at radius 3 is 1.69 bits per heavy atom. The van der Waals surface area contributed by atoms with E-state index in [0.717, 1.165) is 5.92 Å². The van der Waals surface area contributed by atoms with E-state index < -0.39 is 0 Å². The van der Waals surface area contributed by atoms with Crippen LogP contribution in [0.1, 0.15) is 89.9 Å². The molecule has 2 heteroatoms. The maximum atomic E-state index is 7.68. The van der Waals surface area contributed by atoms with Crippen molar-refractivity contribution in [3.8, 4) is 0 Å². The quantitative estimate of drug-likeness (QED) is 0.462. The molecule has 3 fully saturated rings. The molecule has 0 radical (unpaired) electrons. The van der Waals surface area contributed by atoms with Gasteiger partial charge in [0.15, 0.2) is 0 Å². The van der Waals surface area contributed by atoms with Crippen LogP contribution in [0, 0.1) is 36.8 Å². The lowest BCUT2D eigenvalue weighted by molar-refractivity contribution is 0.288. The van der Waals surface area contributed by atoms with E-state index in [1.54, 1.807) is 11.1 Å². The highest BCUT2D eigenvalue weighted by Crippen LogP contribution is 2.57. The first-order chi connectivity index (χ1) is 12.8. The van der Waals surface area contributed by atoms with Crippen molar-refractivity contribution < 1.29 is 0 Å². The minimum atomic E-state index is 0.424. The number of allylic oxidation sites excluding steroid dienone is 3. The van der Waals surface area contributed by atoms with E-state index >= 15 is 0 Å². The molecule has 2 unspecified atom stereocenters. The van der Waals surface area contributed by atoms with Gasteiger partial charge in [-0.1, -0.05) is 56.9 Å². The first-order valence-corrected chi connectivity index (χ1v) is 11.1. The molecule has 26 heavy (non-hydrogen) atoms. The number of fused-ring (bicyclic) bond motifs is 1. The van der Waals surface area contributed by atoms with Crippen molar-refractivity contribution in [1.29, 1.82) is 0 Å². The lowest BCUT2D eigenvalue weighted by atomic mass is 9.71. The molecule has 0 aromatic heterocycles. The topological polar surface area (TPSA) is 8.72 Å². The number of hydrogen-bond acceptors (Lipinski definition) is 0. The van der Waals surface area contributed by atoms with Crippen LogP contribution >= 0.6 is 0 Å². The molecule has 0 aromatic carbocycles. The highest BCUT2D eigenvalue weighted by molar-refractivity contribution is 5.53. The van der Waals surface area contributed by atoms with Gasteiger partial charge in [0.2, 0.25) is 0 Å². The summed E-state index contributed by atoms with van der Waals surface area (Å²) in [5.41, 5.74) is 4.57. The normalized spacial score (nSPS) is 30.6. The summed E-state index contributed by atoms with van der Waals surface area (Å²) in [6.45, 7) is 15.4. The predicted molar refractivity (Wildman–Crippen MR) is 106 cm³/mol. The zero-order valence-corrected chi connectivity index (χ0v) is 16.1. The highest BCUT2D eigenvalue weighted by atomic mass is 14.9. The molecule has 2 atom stereocenters. The number of nitrogens with zero attached hydrogens (tertiary/aromatic N) is 2. The maximum Gasteiger partial charge on any atom is 0.523 e. The van der Waals surface area contributed by atoms with E-state index in [4.69, 9.17) is 13.1 Å². The lowest BCUT2D eigenvalue weighted by Gasteiger charge is -2.33. The monoisotopic (exact) mass is 348 g/mol. The van der Waals surface area contributed by atoms with Crippen LogP contribution in [0.25, 0.3) is 9.69 Å². The van der Waals surface area contributed by atoms with E-state index in [1.165, 1.54) is 95.5 Å². The molecule has 3 saturated carbocycles. The van der Waals surface area contributed by atoms with Gasteiger partial charge in [-0.2, -0.15) is 9.69 Å². The Balaban J connectivity index is 1.85. The van der Waals surface area contributed by atoms with Gasteiger partial charge >= 0.3 is 5.82 Å². The third-order valence-electron chi connectivity index (χ3n) is 7.65. The van der Waals surface area contributed by atoms with Crippen molar-refractivity contribution in [2.24, 2.45) is 23.7 Å². The molecule has 4 aliphatic rings. The van der Waals surface area contributed by atoms with Crippen LogP contribution in [0.3, 0.4) is 0 Å². The van der Waals surface area contributed by atoms with Crippen molar-refractivity contribution in [2.75, 3.05) is 0 Å². The summed E-state index contributed by atoms with van der Waals surface area (Å²) in [6.07, 6.45) is 18.6. The van der Waals surface area contributed by atoms with E-state index in [2.05, 4.69) is 9.69 Å². The first kappa shape index (κ1) is 17.9. The van der Waals surface area contributed by atoms with Crippen LogP contribution in [0.5, 0.6) is 0 Å². The van der Waals surface area contributed by atoms with Crippen molar-refractivity contribution in [2.45, 2.75) is 89.9 Å². The molecular formula is C24H32N2. The second-order valence-electron chi connectivity index (χ2n) is 9.00. The van der Waals surface area contributed by atoms with Gasteiger partial charge in [-0.15, -0.1) is 0 Å². The van der Waals surface area contributed by atoms with Crippen LogP contribution in [0.4, 0.5) is 0 Å². The summed E-state index contributed by atoms with van der Waals surface area (Å²) < 4.78 is 0. The van der Waals surface area contributed by atoms with Crippen LogP contribution < -0.4 is 0 Å². The Morgan fingerprint density at radius 2 is 1.12 bits per heavy atom. The van der Waals surface area contributed by atoms with E-state index in [0.29, 0.717) is 23.6 Å². The Morgan fingerprint density at radius 1 is 0.615 bits per heavy atom. The second-order valence-corrected chi connectivity index (χ2v) is 9.00. The summed E-state index contributed by atoms with van der Waals surface area (Å²) in [5, 5.41) is 0. The van der Waals surface area contributed by atoms with Crippen LogP contribution in [-0.4, -0.2) is 0 Å². The number of hydrogen-bond donors (Lipinski definition) is 0. The molecule has 0 heterocycles. The van der Waals surface area contributed by atoms with Crippen molar-refractivity contribution in [1.82, 2.24) is 0 Å². The van der Waals surface area contributed by atoms with Gasteiger partial charge in [-0.05, 0) is 67.8 Å². The molecule has 2 nitrogen and oxygen atoms in total.